The van der Waals surface area contributed by atoms with Crippen molar-refractivity contribution >= 4 is 40.1 Å². The zero-order chi connectivity index (χ0) is 23.6. The van der Waals surface area contributed by atoms with Crippen LogP contribution in [0.25, 0.3) is 10.8 Å². The molecule has 4 rings (SSSR count). The van der Waals surface area contributed by atoms with Crippen LogP contribution in [0.5, 0.6) is 0 Å². The summed E-state index contributed by atoms with van der Waals surface area (Å²) in [6.07, 6.45) is 1.16. The Morgan fingerprint density at radius 2 is 1.67 bits per heavy atom. The summed E-state index contributed by atoms with van der Waals surface area (Å²) in [5.41, 5.74) is 0.336. The number of benzene rings is 3. The van der Waals surface area contributed by atoms with Crippen LogP contribution in [0.2, 0.25) is 0 Å². The minimum atomic E-state index is -1.26. The molecule has 0 radical (unpaired) electrons. The fourth-order valence-corrected chi connectivity index (χ4v) is 3.96. The summed E-state index contributed by atoms with van der Waals surface area (Å²) >= 11 is 0. The van der Waals surface area contributed by atoms with E-state index in [0.717, 1.165) is 22.1 Å². The third kappa shape index (κ3) is 4.35. The molecule has 0 bridgehead atoms. The van der Waals surface area contributed by atoms with Crippen LogP contribution in [0.1, 0.15) is 42.6 Å². The summed E-state index contributed by atoms with van der Waals surface area (Å²) in [5.74, 6) is -0.934. The molecular weight excluding hydrogens is 418 g/mol. The number of rotatable bonds is 7. The van der Waals surface area contributed by atoms with Gasteiger partial charge in [0.1, 0.15) is 5.54 Å². The predicted molar refractivity (Wildman–Crippen MR) is 126 cm³/mol. The lowest BCUT2D eigenvalue weighted by Gasteiger charge is -2.22. The SMILES string of the molecule is CCCC(=O)Nc1ccc(C(=O)CN2C(=O)N[C@](C)(c3ccc4ccccc4c3)C2=O)cc1. The van der Waals surface area contributed by atoms with Crippen LogP contribution in [0, 0.1) is 0 Å². The van der Waals surface area contributed by atoms with E-state index in [1.807, 2.05) is 49.4 Å². The number of nitrogens with one attached hydrogen (secondary N) is 2. The van der Waals surface area contributed by atoms with Crippen molar-refractivity contribution in [2.75, 3.05) is 11.9 Å². The number of fused-ring (bicyclic) bond motifs is 1. The number of anilines is 1. The van der Waals surface area contributed by atoms with Gasteiger partial charge in [-0.2, -0.15) is 0 Å². The van der Waals surface area contributed by atoms with Crippen LogP contribution >= 0.6 is 0 Å². The number of carbonyl (C=O) groups is 4. The second-order valence-corrected chi connectivity index (χ2v) is 8.31. The molecule has 3 aromatic rings. The minimum Gasteiger partial charge on any atom is -0.326 e. The molecule has 1 heterocycles. The fourth-order valence-electron chi connectivity index (χ4n) is 3.96. The third-order valence-electron chi connectivity index (χ3n) is 5.87. The Bertz CT molecular complexity index is 1250. The number of carbonyl (C=O) groups excluding carboxylic acids is 4. The smallest absolute Gasteiger partial charge is 0.325 e. The molecule has 168 valence electrons. The van der Waals surface area contributed by atoms with Gasteiger partial charge in [-0.3, -0.25) is 19.3 Å². The van der Waals surface area contributed by atoms with Gasteiger partial charge in [0, 0.05) is 17.7 Å². The Hall–Kier alpha value is -4.00. The molecule has 4 amide bonds. The molecule has 3 aromatic carbocycles. The molecule has 0 unspecified atom stereocenters. The molecule has 1 aliphatic heterocycles. The lowest BCUT2D eigenvalue weighted by Crippen LogP contribution is -2.41. The van der Waals surface area contributed by atoms with E-state index < -0.39 is 17.5 Å². The van der Waals surface area contributed by atoms with Crippen molar-refractivity contribution in [3.8, 4) is 0 Å². The van der Waals surface area contributed by atoms with Gasteiger partial charge < -0.3 is 10.6 Å². The number of hydrogen-bond donors (Lipinski definition) is 2. The lowest BCUT2D eigenvalue weighted by atomic mass is 9.90. The van der Waals surface area contributed by atoms with Gasteiger partial charge in [0.15, 0.2) is 5.78 Å². The Labute approximate surface area is 191 Å². The van der Waals surface area contributed by atoms with Crippen molar-refractivity contribution in [3.05, 3.63) is 77.9 Å². The summed E-state index contributed by atoms with van der Waals surface area (Å²) < 4.78 is 0. The molecule has 1 aliphatic rings. The van der Waals surface area contributed by atoms with Crippen LogP contribution in [0.15, 0.2) is 66.7 Å². The van der Waals surface area contributed by atoms with Gasteiger partial charge in [0.2, 0.25) is 5.91 Å². The molecule has 7 nitrogen and oxygen atoms in total. The van der Waals surface area contributed by atoms with Gasteiger partial charge in [0.05, 0.1) is 6.54 Å². The quantitative estimate of drug-likeness (QED) is 0.422. The summed E-state index contributed by atoms with van der Waals surface area (Å²) in [7, 11) is 0. The first-order chi connectivity index (χ1) is 15.8. The highest BCUT2D eigenvalue weighted by Crippen LogP contribution is 2.31. The van der Waals surface area contributed by atoms with Crippen molar-refractivity contribution in [2.24, 2.45) is 0 Å². The summed E-state index contributed by atoms with van der Waals surface area (Å²) in [6, 6.07) is 19.2. The maximum absolute atomic E-state index is 13.2. The first-order valence-corrected chi connectivity index (χ1v) is 10.9. The normalized spacial score (nSPS) is 17.8. The van der Waals surface area contributed by atoms with E-state index in [-0.39, 0.29) is 18.2 Å². The van der Waals surface area contributed by atoms with E-state index in [1.54, 1.807) is 31.2 Å². The minimum absolute atomic E-state index is 0.0936. The Balaban J connectivity index is 1.49. The second kappa shape index (κ2) is 8.86. The van der Waals surface area contributed by atoms with Gasteiger partial charge in [-0.05, 0) is 60.0 Å². The molecule has 33 heavy (non-hydrogen) atoms. The molecule has 7 heteroatoms. The number of urea groups is 1. The summed E-state index contributed by atoms with van der Waals surface area (Å²) in [6.45, 7) is 3.20. The Morgan fingerprint density at radius 1 is 0.970 bits per heavy atom. The number of ketones is 1. The maximum atomic E-state index is 13.2. The van der Waals surface area contributed by atoms with Crippen LogP contribution in [0.4, 0.5) is 10.5 Å². The van der Waals surface area contributed by atoms with Crippen molar-refractivity contribution < 1.29 is 19.2 Å². The molecule has 1 atom stereocenters. The highest BCUT2D eigenvalue weighted by Gasteiger charge is 2.49. The Morgan fingerprint density at radius 3 is 2.36 bits per heavy atom. The van der Waals surface area contributed by atoms with Crippen LogP contribution in [0.3, 0.4) is 0 Å². The molecule has 1 saturated heterocycles. The van der Waals surface area contributed by atoms with Gasteiger partial charge >= 0.3 is 6.03 Å². The van der Waals surface area contributed by atoms with Crippen molar-refractivity contribution in [1.82, 2.24) is 10.2 Å². The van der Waals surface area contributed by atoms with Crippen molar-refractivity contribution in [3.63, 3.8) is 0 Å². The second-order valence-electron chi connectivity index (χ2n) is 8.31. The first kappa shape index (κ1) is 22.2. The number of amides is 4. The molecule has 0 aromatic heterocycles. The van der Waals surface area contributed by atoms with Crippen LogP contribution in [-0.2, 0) is 15.1 Å². The summed E-state index contributed by atoms with van der Waals surface area (Å²) in [4.78, 5) is 51.3. The average Bonchev–Trinajstić information content (AvgIpc) is 3.03. The largest absolute Gasteiger partial charge is 0.326 e. The van der Waals surface area contributed by atoms with Crippen LogP contribution in [-0.4, -0.2) is 35.1 Å². The monoisotopic (exact) mass is 443 g/mol. The average molecular weight is 444 g/mol. The Kier molecular flexibility index (Phi) is 5.96. The zero-order valence-corrected chi connectivity index (χ0v) is 18.6. The van der Waals surface area contributed by atoms with Crippen LogP contribution < -0.4 is 10.6 Å². The van der Waals surface area contributed by atoms with E-state index in [0.29, 0.717) is 23.2 Å². The number of imide groups is 1. The van der Waals surface area contributed by atoms with Gasteiger partial charge in [-0.1, -0.05) is 43.3 Å². The van der Waals surface area contributed by atoms with E-state index in [1.165, 1.54) is 0 Å². The standard InChI is InChI=1S/C26H25N3O4/c1-3-6-23(31)27-21-13-10-18(11-14-21)22(30)16-29-24(32)26(2,28-25(29)33)20-12-9-17-7-4-5-8-19(17)15-20/h4-5,7-15H,3,6,16H2,1-2H3,(H,27,31)(H,28,33)/t26-/m1/s1. The first-order valence-electron chi connectivity index (χ1n) is 10.9. The number of Topliss-reactive ketones (excluding diaryl/α,β-unsaturated/α-hetero) is 1. The van der Waals surface area contributed by atoms with Crippen molar-refractivity contribution in [1.29, 1.82) is 0 Å². The topological polar surface area (TPSA) is 95.6 Å². The molecule has 2 N–H and O–H groups in total. The van der Waals surface area contributed by atoms with E-state index in [9.17, 15) is 19.2 Å². The van der Waals surface area contributed by atoms with E-state index in [4.69, 9.17) is 0 Å². The van der Waals surface area contributed by atoms with E-state index in [2.05, 4.69) is 10.6 Å². The lowest BCUT2D eigenvalue weighted by molar-refractivity contribution is -0.130. The summed E-state index contributed by atoms with van der Waals surface area (Å²) in [5, 5.41) is 7.50. The van der Waals surface area contributed by atoms with Gasteiger partial charge in [0.25, 0.3) is 5.91 Å². The highest BCUT2D eigenvalue weighted by atomic mass is 16.2. The highest BCUT2D eigenvalue weighted by molar-refractivity contribution is 6.11. The molecule has 1 fully saturated rings. The predicted octanol–water partition coefficient (Wildman–Crippen LogP) is 4.23. The zero-order valence-electron chi connectivity index (χ0n) is 18.6. The fraction of sp³-hybridized carbons (Fsp3) is 0.231. The molecular formula is C26H25N3O4. The third-order valence-corrected chi connectivity index (χ3v) is 5.87. The molecule has 0 spiro atoms. The number of hydrogen-bond acceptors (Lipinski definition) is 4. The van der Waals surface area contributed by atoms with Gasteiger partial charge in [-0.25, -0.2) is 4.79 Å². The molecule has 0 aliphatic carbocycles. The van der Waals surface area contributed by atoms with E-state index >= 15 is 0 Å². The van der Waals surface area contributed by atoms with Gasteiger partial charge in [-0.15, -0.1) is 0 Å². The maximum Gasteiger partial charge on any atom is 0.325 e. The molecule has 0 saturated carbocycles. The number of nitrogens with zero attached hydrogens (tertiary/aromatic N) is 1. The van der Waals surface area contributed by atoms with Crippen molar-refractivity contribution in [2.45, 2.75) is 32.2 Å².